The maximum atomic E-state index is 12.2. The maximum Gasteiger partial charge on any atom is 0.401 e. The Hall–Kier alpha value is -0.280. The first-order chi connectivity index (χ1) is 8.37. The summed E-state index contributed by atoms with van der Waals surface area (Å²) in [6.45, 7) is 0.111. The van der Waals surface area contributed by atoms with Gasteiger partial charge in [0.1, 0.15) is 6.10 Å². The van der Waals surface area contributed by atoms with Crippen LogP contribution in [-0.2, 0) is 9.53 Å². The lowest BCUT2D eigenvalue weighted by atomic mass is 10.2. The van der Waals surface area contributed by atoms with Crippen molar-refractivity contribution in [3.05, 3.63) is 0 Å². The molecule has 1 fully saturated rings. The molecule has 0 bridgehead atoms. The minimum atomic E-state index is -4.20. The number of ether oxygens (including phenoxy) is 1. The van der Waals surface area contributed by atoms with Gasteiger partial charge >= 0.3 is 6.18 Å². The first kappa shape index (κ1) is 22.0. The summed E-state index contributed by atoms with van der Waals surface area (Å²) in [6, 6.07) is 0. The zero-order valence-corrected chi connectivity index (χ0v) is 12.7. The predicted molar refractivity (Wildman–Crippen MR) is 73.4 cm³/mol. The first-order valence-electron chi connectivity index (χ1n) is 5.68. The van der Waals surface area contributed by atoms with Crippen molar-refractivity contribution in [3.8, 4) is 0 Å². The van der Waals surface area contributed by atoms with Crippen LogP contribution < -0.4 is 5.73 Å². The number of nitrogens with zero attached hydrogens (tertiary/aromatic N) is 2. The van der Waals surface area contributed by atoms with E-state index in [1.807, 2.05) is 0 Å². The van der Waals surface area contributed by atoms with Gasteiger partial charge in [0.05, 0.1) is 6.54 Å². The summed E-state index contributed by atoms with van der Waals surface area (Å²) in [6.07, 6.45) is -4.91. The molecule has 1 aliphatic rings. The van der Waals surface area contributed by atoms with E-state index in [0.29, 0.717) is 0 Å². The first-order valence-corrected chi connectivity index (χ1v) is 5.68. The number of amides is 1. The quantitative estimate of drug-likeness (QED) is 0.809. The summed E-state index contributed by atoms with van der Waals surface area (Å²) < 4.78 is 41.4. The van der Waals surface area contributed by atoms with Gasteiger partial charge in [-0.25, -0.2) is 0 Å². The fraction of sp³-hybridized carbons (Fsp3) is 0.900. The largest absolute Gasteiger partial charge is 0.401 e. The lowest BCUT2D eigenvalue weighted by Gasteiger charge is -2.36. The van der Waals surface area contributed by atoms with Crippen LogP contribution in [0.5, 0.6) is 0 Å². The van der Waals surface area contributed by atoms with E-state index in [1.54, 1.807) is 0 Å². The van der Waals surface area contributed by atoms with E-state index in [9.17, 15) is 18.0 Å². The normalized spacial score (nSPS) is 17.9. The van der Waals surface area contributed by atoms with Crippen molar-refractivity contribution < 1.29 is 22.7 Å². The third kappa shape index (κ3) is 6.94. The van der Waals surface area contributed by atoms with Gasteiger partial charge in [0.2, 0.25) is 0 Å². The second-order valence-electron chi connectivity index (χ2n) is 4.18. The van der Waals surface area contributed by atoms with Gasteiger partial charge in [-0.2, -0.15) is 13.2 Å². The number of halogens is 5. The number of alkyl halides is 3. The zero-order valence-electron chi connectivity index (χ0n) is 11.1. The van der Waals surface area contributed by atoms with E-state index in [1.165, 1.54) is 16.9 Å². The minimum Gasteiger partial charge on any atom is -0.370 e. The van der Waals surface area contributed by atoms with Gasteiger partial charge in [0.25, 0.3) is 5.91 Å². The van der Waals surface area contributed by atoms with Crippen LogP contribution in [-0.4, -0.2) is 74.4 Å². The molecular weight excluding hydrogens is 322 g/mol. The van der Waals surface area contributed by atoms with Crippen molar-refractivity contribution in [1.82, 2.24) is 9.80 Å². The van der Waals surface area contributed by atoms with E-state index in [0.717, 1.165) is 0 Å². The standard InChI is InChI=1S/C10H18F3N3O2.2ClH/c1-18-8(6-14)9(17)16-4-2-15(3-5-16)7-10(11,12)13;;/h8H,2-7,14H2,1H3;2*1H. The summed E-state index contributed by atoms with van der Waals surface area (Å²) in [7, 11) is 1.38. The molecule has 0 radical (unpaired) electrons. The van der Waals surface area contributed by atoms with Crippen LogP contribution in [0.2, 0.25) is 0 Å². The molecule has 1 amide bonds. The lowest BCUT2D eigenvalue weighted by Crippen LogP contribution is -2.54. The molecular formula is C10H20Cl2F3N3O2. The summed E-state index contributed by atoms with van der Waals surface area (Å²) in [5.74, 6) is -0.258. The summed E-state index contributed by atoms with van der Waals surface area (Å²) in [4.78, 5) is 14.6. The fourth-order valence-corrected chi connectivity index (χ4v) is 1.88. The fourth-order valence-electron chi connectivity index (χ4n) is 1.88. The van der Waals surface area contributed by atoms with Gasteiger partial charge in [-0.1, -0.05) is 0 Å². The number of nitrogens with two attached hydrogens (primary N) is 1. The van der Waals surface area contributed by atoms with E-state index >= 15 is 0 Å². The van der Waals surface area contributed by atoms with E-state index in [-0.39, 0.29) is 63.4 Å². The second kappa shape index (κ2) is 9.62. The van der Waals surface area contributed by atoms with Crippen molar-refractivity contribution in [2.24, 2.45) is 5.73 Å². The number of piperazine rings is 1. The number of hydrogen-bond acceptors (Lipinski definition) is 4. The number of carbonyl (C=O) groups is 1. The highest BCUT2D eigenvalue weighted by Crippen LogP contribution is 2.17. The van der Waals surface area contributed by atoms with Gasteiger partial charge in [-0.15, -0.1) is 24.8 Å². The molecule has 0 aliphatic carbocycles. The van der Waals surface area contributed by atoms with Gasteiger partial charge in [0.15, 0.2) is 0 Å². The molecule has 5 nitrogen and oxygen atoms in total. The van der Waals surface area contributed by atoms with Crippen LogP contribution in [0.15, 0.2) is 0 Å². The highest BCUT2D eigenvalue weighted by atomic mass is 35.5. The molecule has 1 heterocycles. The number of carbonyl (C=O) groups excluding carboxylic acids is 1. The summed E-state index contributed by atoms with van der Waals surface area (Å²) in [5.41, 5.74) is 5.37. The average Bonchev–Trinajstić information content (AvgIpc) is 2.29. The van der Waals surface area contributed by atoms with Crippen molar-refractivity contribution in [2.45, 2.75) is 12.3 Å². The molecule has 1 aliphatic heterocycles. The lowest BCUT2D eigenvalue weighted by molar-refractivity contribution is -0.154. The minimum absolute atomic E-state index is 0. The molecule has 10 heteroatoms. The summed E-state index contributed by atoms with van der Waals surface area (Å²) in [5, 5.41) is 0. The smallest absolute Gasteiger partial charge is 0.370 e. The van der Waals surface area contributed by atoms with Crippen molar-refractivity contribution in [1.29, 1.82) is 0 Å². The highest BCUT2D eigenvalue weighted by Gasteiger charge is 2.33. The Bertz CT molecular complexity index is 283. The van der Waals surface area contributed by atoms with Crippen LogP contribution >= 0.6 is 24.8 Å². The molecule has 0 saturated carbocycles. The SMILES string of the molecule is COC(CN)C(=O)N1CCN(CC(F)(F)F)CC1.Cl.Cl. The van der Waals surface area contributed by atoms with E-state index < -0.39 is 18.8 Å². The van der Waals surface area contributed by atoms with E-state index in [4.69, 9.17) is 10.5 Å². The van der Waals surface area contributed by atoms with Crippen molar-refractivity contribution in [3.63, 3.8) is 0 Å². The molecule has 1 unspecified atom stereocenters. The molecule has 1 rings (SSSR count). The number of hydrogen-bond donors (Lipinski definition) is 1. The molecule has 0 aromatic rings. The Morgan fingerprint density at radius 1 is 1.25 bits per heavy atom. The van der Waals surface area contributed by atoms with Crippen LogP contribution in [0, 0.1) is 0 Å². The Labute approximate surface area is 128 Å². The van der Waals surface area contributed by atoms with Gasteiger partial charge in [-0.05, 0) is 0 Å². The van der Waals surface area contributed by atoms with Gasteiger partial charge < -0.3 is 15.4 Å². The zero-order chi connectivity index (χ0) is 13.8. The molecule has 122 valence electrons. The third-order valence-corrected chi connectivity index (χ3v) is 2.86. The molecule has 2 N–H and O–H groups in total. The van der Waals surface area contributed by atoms with Crippen LogP contribution in [0.25, 0.3) is 0 Å². The Balaban J connectivity index is 0. The second-order valence-corrected chi connectivity index (χ2v) is 4.18. The Morgan fingerprint density at radius 2 is 1.75 bits per heavy atom. The molecule has 0 aromatic carbocycles. The maximum absolute atomic E-state index is 12.2. The molecule has 1 atom stereocenters. The monoisotopic (exact) mass is 341 g/mol. The molecule has 1 saturated heterocycles. The average molecular weight is 342 g/mol. The van der Waals surface area contributed by atoms with Crippen LogP contribution in [0.1, 0.15) is 0 Å². The van der Waals surface area contributed by atoms with E-state index in [2.05, 4.69) is 0 Å². The van der Waals surface area contributed by atoms with Crippen molar-refractivity contribution in [2.75, 3.05) is 46.4 Å². The Morgan fingerprint density at radius 3 is 2.10 bits per heavy atom. The number of rotatable bonds is 4. The summed E-state index contributed by atoms with van der Waals surface area (Å²) >= 11 is 0. The van der Waals surface area contributed by atoms with Crippen LogP contribution in [0.4, 0.5) is 13.2 Å². The van der Waals surface area contributed by atoms with Gasteiger partial charge in [0, 0.05) is 39.8 Å². The predicted octanol–water partition coefficient (Wildman–Crippen LogP) is 0.510. The Kier molecular flexibility index (Phi) is 10.6. The van der Waals surface area contributed by atoms with Crippen LogP contribution in [0.3, 0.4) is 0 Å². The topological polar surface area (TPSA) is 58.8 Å². The number of methoxy groups -OCH3 is 1. The molecule has 20 heavy (non-hydrogen) atoms. The molecule has 0 aromatic heterocycles. The molecule has 0 spiro atoms. The highest BCUT2D eigenvalue weighted by molar-refractivity contribution is 5.85. The van der Waals surface area contributed by atoms with Crippen molar-refractivity contribution >= 4 is 30.7 Å². The van der Waals surface area contributed by atoms with Gasteiger partial charge in [-0.3, -0.25) is 9.69 Å². The third-order valence-electron chi connectivity index (χ3n) is 2.86.